The zero-order chi connectivity index (χ0) is 21.6. The van der Waals surface area contributed by atoms with Crippen LogP contribution in [-0.2, 0) is 17.6 Å². The van der Waals surface area contributed by atoms with Gasteiger partial charge in [-0.2, -0.15) is 0 Å². The summed E-state index contributed by atoms with van der Waals surface area (Å²) in [5.41, 5.74) is 9.77. The molecule has 1 aromatic heterocycles. The number of carbonyl (C=O) groups is 1. The van der Waals surface area contributed by atoms with Crippen LogP contribution in [0.3, 0.4) is 0 Å². The van der Waals surface area contributed by atoms with E-state index in [1.165, 1.54) is 44.2 Å². The van der Waals surface area contributed by atoms with Gasteiger partial charge in [-0.25, -0.2) is 14.4 Å². The Kier molecular flexibility index (Phi) is 6.55. The SMILES string of the molecule is Nc1ccc(-c2cnc(NC(=O)Cc3ccc(F)cc3)c(CC3CCCCC3)n2)cc1. The van der Waals surface area contributed by atoms with E-state index in [1.54, 1.807) is 18.3 Å². The van der Waals surface area contributed by atoms with Crippen molar-refractivity contribution < 1.29 is 9.18 Å². The van der Waals surface area contributed by atoms with Gasteiger partial charge in [0.1, 0.15) is 5.82 Å². The van der Waals surface area contributed by atoms with E-state index >= 15 is 0 Å². The third-order valence-corrected chi connectivity index (χ3v) is 5.79. The first kappa shape index (κ1) is 21.0. The number of nitrogens with zero attached hydrogens (tertiary/aromatic N) is 2. The number of amides is 1. The zero-order valence-electron chi connectivity index (χ0n) is 17.5. The lowest BCUT2D eigenvalue weighted by Crippen LogP contribution is -2.19. The summed E-state index contributed by atoms with van der Waals surface area (Å²) in [6.45, 7) is 0. The van der Waals surface area contributed by atoms with Gasteiger partial charge in [0, 0.05) is 11.3 Å². The number of anilines is 2. The quantitative estimate of drug-likeness (QED) is 0.541. The molecule has 4 rings (SSSR count). The van der Waals surface area contributed by atoms with Gasteiger partial charge in [-0.15, -0.1) is 0 Å². The second kappa shape index (κ2) is 9.69. The van der Waals surface area contributed by atoms with Gasteiger partial charge in [0.2, 0.25) is 5.91 Å². The molecule has 1 fully saturated rings. The smallest absolute Gasteiger partial charge is 0.229 e. The standard InChI is InChI=1S/C25H27FN4O/c26-20-10-6-18(7-11-20)15-24(31)30-25-22(14-17-4-2-1-3-5-17)29-23(16-28-25)19-8-12-21(27)13-9-19/h6-13,16-17H,1-5,14-15,27H2,(H,28,30,31). The Bertz CT molecular complexity index is 1030. The lowest BCUT2D eigenvalue weighted by molar-refractivity contribution is -0.115. The Balaban J connectivity index is 1.56. The van der Waals surface area contributed by atoms with Crippen LogP contribution >= 0.6 is 0 Å². The second-order valence-electron chi connectivity index (χ2n) is 8.23. The lowest BCUT2D eigenvalue weighted by Gasteiger charge is -2.22. The van der Waals surface area contributed by atoms with Crippen molar-refractivity contribution in [1.82, 2.24) is 9.97 Å². The predicted octanol–water partition coefficient (Wildman–Crippen LogP) is 5.17. The first-order chi connectivity index (χ1) is 15.1. The van der Waals surface area contributed by atoms with Crippen molar-refractivity contribution in [3.63, 3.8) is 0 Å². The molecule has 0 atom stereocenters. The molecule has 6 heteroatoms. The van der Waals surface area contributed by atoms with Crippen LogP contribution in [0.25, 0.3) is 11.3 Å². The molecule has 1 amide bonds. The molecule has 160 valence electrons. The number of nitrogens with two attached hydrogens (primary N) is 1. The predicted molar refractivity (Wildman–Crippen MR) is 121 cm³/mol. The molecule has 0 bridgehead atoms. The van der Waals surface area contributed by atoms with Gasteiger partial charge < -0.3 is 11.1 Å². The first-order valence-electron chi connectivity index (χ1n) is 10.8. The number of rotatable bonds is 6. The van der Waals surface area contributed by atoms with Crippen molar-refractivity contribution in [3.8, 4) is 11.3 Å². The van der Waals surface area contributed by atoms with Crippen molar-refractivity contribution in [3.05, 3.63) is 71.8 Å². The summed E-state index contributed by atoms with van der Waals surface area (Å²) in [6, 6.07) is 13.5. The summed E-state index contributed by atoms with van der Waals surface area (Å²) in [6.07, 6.45) is 8.75. The van der Waals surface area contributed by atoms with Crippen molar-refractivity contribution >= 4 is 17.4 Å². The second-order valence-corrected chi connectivity index (χ2v) is 8.23. The van der Waals surface area contributed by atoms with Gasteiger partial charge in [-0.3, -0.25) is 4.79 Å². The number of nitrogens with one attached hydrogen (secondary N) is 1. The number of halogens is 1. The minimum Gasteiger partial charge on any atom is -0.399 e. The average Bonchev–Trinajstić information content (AvgIpc) is 2.78. The fraction of sp³-hybridized carbons (Fsp3) is 0.320. The minimum absolute atomic E-state index is 0.157. The summed E-state index contributed by atoms with van der Waals surface area (Å²) in [4.78, 5) is 22.0. The van der Waals surface area contributed by atoms with Gasteiger partial charge in [-0.1, -0.05) is 56.4 Å². The molecule has 1 aliphatic rings. The van der Waals surface area contributed by atoms with Crippen LogP contribution < -0.4 is 11.1 Å². The van der Waals surface area contributed by atoms with Crippen LogP contribution in [0.4, 0.5) is 15.9 Å². The van der Waals surface area contributed by atoms with Gasteiger partial charge in [0.15, 0.2) is 5.82 Å². The van der Waals surface area contributed by atoms with Gasteiger partial charge in [0.05, 0.1) is 24.0 Å². The summed E-state index contributed by atoms with van der Waals surface area (Å²) in [5, 5.41) is 2.92. The Morgan fingerprint density at radius 2 is 1.74 bits per heavy atom. The van der Waals surface area contributed by atoms with E-state index in [-0.39, 0.29) is 18.1 Å². The summed E-state index contributed by atoms with van der Waals surface area (Å²) >= 11 is 0. The van der Waals surface area contributed by atoms with Gasteiger partial charge >= 0.3 is 0 Å². The van der Waals surface area contributed by atoms with Crippen LogP contribution in [0.15, 0.2) is 54.7 Å². The molecule has 1 saturated carbocycles. The highest BCUT2D eigenvalue weighted by atomic mass is 19.1. The van der Waals surface area contributed by atoms with Crippen LogP contribution in [0.1, 0.15) is 43.4 Å². The molecule has 1 heterocycles. The molecular formula is C25H27FN4O. The van der Waals surface area contributed by atoms with Crippen LogP contribution in [0.5, 0.6) is 0 Å². The minimum atomic E-state index is -0.317. The molecule has 0 spiro atoms. The van der Waals surface area contributed by atoms with E-state index in [0.717, 1.165) is 28.9 Å². The summed E-state index contributed by atoms with van der Waals surface area (Å²) in [5.74, 6) is 0.559. The molecule has 2 aromatic carbocycles. The molecule has 0 unspecified atom stereocenters. The largest absolute Gasteiger partial charge is 0.399 e. The highest BCUT2D eigenvalue weighted by Crippen LogP contribution is 2.29. The number of hydrogen-bond acceptors (Lipinski definition) is 4. The van der Waals surface area contributed by atoms with Gasteiger partial charge in [0.25, 0.3) is 0 Å². The Labute approximate surface area is 181 Å². The monoisotopic (exact) mass is 418 g/mol. The highest BCUT2D eigenvalue weighted by Gasteiger charge is 2.19. The van der Waals surface area contributed by atoms with Crippen molar-refractivity contribution in [2.75, 3.05) is 11.1 Å². The Morgan fingerprint density at radius 3 is 2.45 bits per heavy atom. The van der Waals surface area contributed by atoms with E-state index in [0.29, 0.717) is 17.4 Å². The van der Waals surface area contributed by atoms with Crippen LogP contribution in [-0.4, -0.2) is 15.9 Å². The van der Waals surface area contributed by atoms with E-state index < -0.39 is 0 Å². The molecule has 0 saturated heterocycles. The summed E-state index contributed by atoms with van der Waals surface area (Å²) in [7, 11) is 0. The highest BCUT2D eigenvalue weighted by molar-refractivity contribution is 5.92. The molecule has 1 aliphatic carbocycles. The van der Waals surface area contributed by atoms with Crippen molar-refractivity contribution in [1.29, 1.82) is 0 Å². The maximum atomic E-state index is 13.1. The number of aromatic nitrogens is 2. The van der Waals surface area contributed by atoms with E-state index in [4.69, 9.17) is 10.7 Å². The number of nitrogen functional groups attached to an aromatic ring is 1. The molecule has 0 radical (unpaired) electrons. The lowest BCUT2D eigenvalue weighted by atomic mass is 9.86. The van der Waals surface area contributed by atoms with Crippen LogP contribution in [0, 0.1) is 11.7 Å². The fourth-order valence-electron chi connectivity index (χ4n) is 4.10. The molecule has 3 N–H and O–H groups in total. The molecule has 3 aromatic rings. The van der Waals surface area contributed by atoms with Crippen molar-refractivity contribution in [2.24, 2.45) is 5.92 Å². The average molecular weight is 419 g/mol. The van der Waals surface area contributed by atoms with Crippen molar-refractivity contribution in [2.45, 2.75) is 44.9 Å². The molecular weight excluding hydrogens is 391 g/mol. The first-order valence-corrected chi connectivity index (χ1v) is 10.8. The molecule has 5 nitrogen and oxygen atoms in total. The normalized spacial score (nSPS) is 14.4. The molecule has 0 aliphatic heterocycles. The maximum Gasteiger partial charge on any atom is 0.229 e. The van der Waals surface area contributed by atoms with E-state index in [9.17, 15) is 9.18 Å². The maximum absolute atomic E-state index is 13.1. The van der Waals surface area contributed by atoms with Crippen LogP contribution in [0.2, 0.25) is 0 Å². The Morgan fingerprint density at radius 1 is 1.03 bits per heavy atom. The fourth-order valence-corrected chi connectivity index (χ4v) is 4.10. The number of carbonyl (C=O) groups excluding carboxylic acids is 1. The number of benzene rings is 2. The zero-order valence-corrected chi connectivity index (χ0v) is 17.5. The third-order valence-electron chi connectivity index (χ3n) is 5.79. The van der Waals surface area contributed by atoms with E-state index in [2.05, 4.69) is 10.3 Å². The topological polar surface area (TPSA) is 80.9 Å². The third kappa shape index (κ3) is 5.66. The van der Waals surface area contributed by atoms with E-state index in [1.807, 2.05) is 24.3 Å². The summed E-state index contributed by atoms with van der Waals surface area (Å²) < 4.78 is 13.1. The number of hydrogen-bond donors (Lipinski definition) is 2. The Hall–Kier alpha value is -3.28. The van der Waals surface area contributed by atoms with Gasteiger partial charge in [-0.05, 0) is 42.2 Å². The molecule has 31 heavy (non-hydrogen) atoms.